The van der Waals surface area contributed by atoms with Gasteiger partial charge in [-0.1, -0.05) is 18.2 Å². The largest absolute Gasteiger partial charge is 0.457 e. The SMILES string of the molecule is O=C(CCn1cnc2sccc2c1=O)OCc1nnnn1-c1ccccc1. The molecule has 10 heteroatoms. The molecule has 0 spiro atoms. The fraction of sp³-hybridized carbons (Fsp3) is 0.176. The van der Waals surface area contributed by atoms with Crippen molar-refractivity contribution in [2.75, 3.05) is 0 Å². The Morgan fingerprint density at radius 3 is 2.89 bits per heavy atom. The Labute approximate surface area is 156 Å². The minimum absolute atomic E-state index is 0.0458. The van der Waals surface area contributed by atoms with E-state index in [-0.39, 0.29) is 25.1 Å². The van der Waals surface area contributed by atoms with Gasteiger partial charge in [0.2, 0.25) is 0 Å². The smallest absolute Gasteiger partial charge is 0.308 e. The number of carbonyl (C=O) groups is 1. The quantitative estimate of drug-likeness (QED) is 0.466. The van der Waals surface area contributed by atoms with E-state index in [1.54, 1.807) is 6.07 Å². The molecular formula is C17H14N6O3S. The standard InChI is InChI=1S/C17H14N6O3S/c24-15(6-8-22-11-18-16-13(17(22)25)7-9-27-16)26-10-14-19-20-21-23(14)12-4-2-1-3-5-12/h1-5,7,9,11H,6,8,10H2. The van der Waals surface area contributed by atoms with Gasteiger partial charge in [0.05, 0.1) is 23.8 Å². The zero-order chi connectivity index (χ0) is 18.6. The molecule has 4 rings (SSSR count). The number of hydrogen-bond acceptors (Lipinski definition) is 8. The van der Waals surface area contributed by atoms with E-state index >= 15 is 0 Å². The molecule has 0 amide bonds. The lowest BCUT2D eigenvalue weighted by Gasteiger charge is -2.07. The first-order chi connectivity index (χ1) is 13.2. The lowest BCUT2D eigenvalue weighted by atomic mass is 10.3. The molecule has 0 N–H and O–H groups in total. The van der Waals surface area contributed by atoms with Crippen LogP contribution in [0.25, 0.3) is 15.9 Å². The highest BCUT2D eigenvalue weighted by atomic mass is 32.1. The number of tetrazole rings is 1. The Kier molecular flexibility index (Phi) is 4.71. The third-order valence-electron chi connectivity index (χ3n) is 3.90. The second-order valence-corrected chi connectivity index (χ2v) is 6.53. The number of aromatic nitrogens is 6. The minimum atomic E-state index is -0.449. The summed E-state index contributed by atoms with van der Waals surface area (Å²) < 4.78 is 8.16. The van der Waals surface area contributed by atoms with Gasteiger partial charge < -0.3 is 4.74 Å². The number of aryl methyl sites for hydroxylation is 1. The van der Waals surface area contributed by atoms with Gasteiger partial charge in [-0.15, -0.1) is 16.4 Å². The number of ether oxygens (including phenoxy) is 1. The predicted molar refractivity (Wildman–Crippen MR) is 97.4 cm³/mol. The van der Waals surface area contributed by atoms with Crippen LogP contribution in [0.4, 0.5) is 0 Å². The Morgan fingerprint density at radius 2 is 2.04 bits per heavy atom. The number of nitrogens with zero attached hydrogens (tertiary/aromatic N) is 6. The van der Waals surface area contributed by atoms with Crippen LogP contribution in [0, 0.1) is 0 Å². The first-order valence-electron chi connectivity index (χ1n) is 8.13. The molecule has 3 heterocycles. The number of benzene rings is 1. The van der Waals surface area contributed by atoms with Crippen LogP contribution in [-0.2, 0) is 22.7 Å². The Hall–Kier alpha value is -3.40. The van der Waals surface area contributed by atoms with E-state index in [4.69, 9.17) is 4.74 Å². The molecule has 0 aliphatic heterocycles. The van der Waals surface area contributed by atoms with Crippen molar-refractivity contribution < 1.29 is 9.53 Å². The van der Waals surface area contributed by atoms with E-state index < -0.39 is 5.97 Å². The topological polar surface area (TPSA) is 105 Å². The van der Waals surface area contributed by atoms with Crippen LogP contribution in [0.1, 0.15) is 12.2 Å². The molecule has 0 unspecified atom stereocenters. The van der Waals surface area contributed by atoms with E-state index in [2.05, 4.69) is 20.5 Å². The van der Waals surface area contributed by atoms with Crippen LogP contribution < -0.4 is 5.56 Å². The van der Waals surface area contributed by atoms with Crippen LogP contribution in [0.3, 0.4) is 0 Å². The fourth-order valence-electron chi connectivity index (χ4n) is 2.55. The van der Waals surface area contributed by atoms with Crippen molar-refractivity contribution in [2.24, 2.45) is 0 Å². The van der Waals surface area contributed by atoms with E-state index in [1.807, 2.05) is 35.7 Å². The van der Waals surface area contributed by atoms with Crippen LogP contribution >= 0.6 is 11.3 Å². The molecule has 136 valence electrons. The summed E-state index contributed by atoms with van der Waals surface area (Å²) in [6.07, 6.45) is 1.49. The van der Waals surface area contributed by atoms with E-state index in [0.717, 1.165) is 5.69 Å². The van der Waals surface area contributed by atoms with Gasteiger partial charge in [0.1, 0.15) is 4.83 Å². The molecule has 1 aromatic carbocycles. The average molecular weight is 382 g/mol. The molecule has 0 aliphatic rings. The maximum Gasteiger partial charge on any atom is 0.308 e. The molecule has 0 saturated heterocycles. The maximum atomic E-state index is 12.3. The van der Waals surface area contributed by atoms with Gasteiger partial charge in [-0.2, -0.15) is 4.68 Å². The van der Waals surface area contributed by atoms with E-state index in [0.29, 0.717) is 16.0 Å². The van der Waals surface area contributed by atoms with Gasteiger partial charge in [-0.25, -0.2) is 4.98 Å². The molecule has 27 heavy (non-hydrogen) atoms. The number of thiophene rings is 1. The van der Waals surface area contributed by atoms with E-state index in [1.165, 1.54) is 26.9 Å². The highest BCUT2D eigenvalue weighted by molar-refractivity contribution is 7.16. The summed E-state index contributed by atoms with van der Waals surface area (Å²) in [4.78, 5) is 29.2. The van der Waals surface area contributed by atoms with Gasteiger partial charge in [-0.05, 0) is 34.0 Å². The molecule has 0 fully saturated rings. The normalized spacial score (nSPS) is 11.0. The summed E-state index contributed by atoms with van der Waals surface area (Å²) in [7, 11) is 0. The van der Waals surface area contributed by atoms with Crippen molar-refractivity contribution in [3.8, 4) is 5.69 Å². The van der Waals surface area contributed by atoms with Crippen LogP contribution in [-0.4, -0.2) is 35.7 Å². The maximum absolute atomic E-state index is 12.3. The second-order valence-electron chi connectivity index (χ2n) is 5.64. The summed E-state index contributed by atoms with van der Waals surface area (Å²) in [5.74, 6) is -0.0389. The molecule has 0 radical (unpaired) electrons. The first-order valence-corrected chi connectivity index (χ1v) is 9.01. The third kappa shape index (κ3) is 3.60. The Balaban J connectivity index is 1.37. The highest BCUT2D eigenvalue weighted by Gasteiger charge is 2.12. The summed E-state index contributed by atoms with van der Waals surface area (Å²) in [5, 5.41) is 13.8. The predicted octanol–water partition coefficient (Wildman–Crippen LogP) is 1.57. The third-order valence-corrected chi connectivity index (χ3v) is 4.73. The van der Waals surface area contributed by atoms with Crippen molar-refractivity contribution in [3.63, 3.8) is 0 Å². The van der Waals surface area contributed by atoms with Crippen molar-refractivity contribution in [3.05, 3.63) is 64.3 Å². The van der Waals surface area contributed by atoms with Gasteiger partial charge in [-0.3, -0.25) is 14.2 Å². The van der Waals surface area contributed by atoms with Gasteiger partial charge >= 0.3 is 5.97 Å². The fourth-order valence-corrected chi connectivity index (χ4v) is 3.27. The van der Waals surface area contributed by atoms with Gasteiger partial charge in [0.25, 0.3) is 5.56 Å². The number of fused-ring (bicyclic) bond motifs is 1. The monoisotopic (exact) mass is 382 g/mol. The summed E-state index contributed by atoms with van der Waals surface area (Å²) in [6.45, 7) is 0.136. The molecule has 3 aromatic heterocycles. The molecule has 0 aliphatic carbocycles. The number of rotatable bonds is 6. The zero-order valence-electron chi connectivity index (χ0n) is 14.1. The summed E-state index contributed by atoms with van der Waals surface area (Å²) in [5.41, 5.74) is 0.609. The van der Waals surface area contributed by atoms with Crippen LogP contribution in [0.5, 0.6) is 0 Å². The first kappa shape index (κ1) is 17.0. The van der Waals surface area contributed by atoms with Crippen molar-refractivity contribution >= 4 is 27.5 Å². The molecule has 0 atom stereocenters. The second kappa shape index (κ2) is 7.46. The van der Waals surface area contributed by atoms with Crippen molar-refractivity contribution in [2.45, 2.75) is 19.6 Å². The Morgan fingerprint density at radius 1 is 1.19 bits per heavy atom. The molecule has 9 nitrogen and oxygen atoms in total. The van der Waals surface area contributed by atoms with Crippen LogP contribution in [0.2, 0.25) is 0 Å². The number of hydrogen-bond donors (Lipinski definition) is 0. The number of carbonyl (C=O) groups excluding carboxylic acids is 1. The minimum Gasteiger partial charge on any atom is -0.457 e. The summed E-state index contributed by atoms with van der Waals surface area (Å²) in [6, 6.07) is 11.0. The summed E-state index contributed by atoms with van der Waals surface area (Å²) >= 11 is 1.40. The lowest BCUT2D eigenvalue weighted by molar-refractivity contribution is -0.145. The number of esters is 1. The average Bonchev–Trinajstić information content (AvgIpc) is 3.36. The van der Waals surface area contributed by atoms with Crippen LogP contribution in [0.15, 0.2) is 52.9 Å². The van der Waals surface area contributed by atoms with Crippen molar-refractivity contribution in [1.82, 2.24) is 29.8 Å². The zero-order valence-corrected chi connectivity index (χ0v) is 14.9. The lowest BCUT2D eigenvalue weighted by Crippen LogP contribution is -2.22. The molecular weight excluding hydrogens is 368 g/mol. The van der Waals surface area contributed by atoms with Gasteiger partial charge in [0, 0.05) is 6.54 Å². The Bertz CT molecular complexity index is 1130. The highest BCUT2D eigenvalue weighted by Crippen LogP contribution is 2.13. The number of para-hydroxylation sites is 1. The molecule has 0 bridgehead atoms. The molecule has 0 saturated carbocycles. The van der Waals surface area contributed by atoms with Crippen molar-refractivity contribution in [1.29, 1.82) is 0 Å². The van der Waals surface area contributed by atoms with Gasteiger partial charge in [0.15, 0.2) is 12.4 Å². The van der Waals surface area contributed by atoms with E-state index in [9.17, 15) is 9.59 Å². The molecule has 4 aromatic rings.